The van der Waals surface area contributed by atoms with Gasteiger partial charge < -0.3 is 5.32 Å². The van der Waals surface area contributed by atoms with Crippen LogP contribution < -0.4 is 5.32 Å². The molecule has 1 aromatic rings. The fourth-order valence-electron chi connectivity index (χ4n) is 2.21. The second kappa shape index (κ2) is 5.10. The average molecular weight is 218 g/mol. The van der Waals surface area contributed by atoms with Crippen molar-refractivity contribution in [1.29, 1.82) is 0 Å². The molecule has 0 unspecified atom stereocenters. The molecule has 0 spiro atoms. The summed E-state index contributed by atoms with van der Waals surface area (Å²) in [7, 11) is 0. The van der Waals surface area contributed by atoms with Gasteiger partial charge >= 0.3 is 0 Å². The highest BCUT2D eigenvalue weighted by molar-refractivity contribution is 5.95. The van der Waals surface area contributed by atoms with E-state index < -0.39 is 0 Å². The Morgan fingerprint density at radius 2 is 2.12 bits per heavy atom. The maximum Gasteiger partial charge on any atom is 0.253 e. The Balaban J connectivity index is 2.00. The molecule has 1 fully saturated rings. The van der Waals surface area contributed by atoms with Crippen LogP contribution in [0.2, 0.25) is 0 Å². The van der Waals surface area contributed by atoms with E-state index in [0.717, 1.165) is 18.4 Å². The van der Waals surface area contributed by atoms with Gasteiger partial charge in [-0.2, -0.15) is 0 Å². The minimum atomic E-state index is 0.0255. The van der Waals surface area contributed by atoms with Crippen molar-refractivity contribution in [2.75, 3.05) is 0 Å². The standard InChI is InChI=1S/C13H18N2O/c1-10-7-8-14-9-12(10)13(16)15-11-5-3-2-4-6-11/h7-9,11H,2-6H2,1H3,(H,15,16). The first kappa shape index (κ1) is 11.1. The quantitative estimate of drug-likeness (QED) is 0.828. The molecule has 1 aliphatic rings. The van der Waals surface area contributed by atoms with Crippen LogP contribution in [0.25, 0.3) is 0 Å². The number of rotatable bonds is 2. The zero-order valence-electron chi connectivity index (χ0n) is 9.70. The topological polar surface area (TPSA) is 42.0 Å². The minimum Gasteiger partial charge on any atom is -0.349 e. The first-order valence-electron chi connectivity index (χ1n) is 5.99. The molecule has 1 aliphatic carbocycles. The molecule has 0 radical (unpaired) electrons. The van der Waals surface area contributed by atoms with Gasteiger partial charge in [0.05, 0.1) is 5.56 Å². The minimum absolute atomic E-state index is 0.0255. The Morgan fingerprint density at radius 1 is 1.38 bits per heavy atom. The normalized spacial score (nSPS) is 17.1. The summed E-state index contributed by atoms with van der Waals surface area (Å²) in [4.78, 5) is 16.0. The first-order valence-corrected chi connectivity index (χ1v) is 5.99. The molecule has 3 heteroatoms. The second-order valence-electron chi connectivity index (χ2n) is 4.50. The Hall–Kier alpha value is -1.38. The number of nitrogens with zero attached hydrogens (tertiary/aromatic N) is 1. The molecule has 16 heavy (non-hydrogen) atoms. The molecule has 3 nitrogen and oxygen atoms in total. The summed E-state index contributed by atoms with van der Waals surface area (Å²) in [6, 6.07) is 2.23. The smallest absolute Gasteiger partial charge is 0.253 e. The highest BCUT2D eigenvalue weighted by Gasteiger charge is 2.17. The van der Waals surface area contributed by atoms with Crippen LogP contribution in [0, 0.1) is 6.92 Å². The van der Waals surface area contributed by atoms with E-state index in [1.807, 2.05) is 13.0 Å². The van der Waals surface area contributed by atoms with Crippen molar-refractivity contribution in [2.45, 2.75) is 45.1 Å². The first-order chi connectivity index (χ1) is 7.77. The van der Waals surface area contributed by atoms with Crippen LogP contribution in [0.1, 0.15) is 48.0 Å². The molecule has 1 N–H and O–H groups in total. The number of pyridine rings is 1. The number of hydrogen-bond donors (Lipinski definition) is 1. The van der Waals surface area contributed by atoms with Crippen LogP contribution in [0.3, 0.4) is 0 Å². The Bertz CT molecular complexity index is 370. The lowest BCUT2D eigenvalue weighted by Crippen LogP contribution is -2.36. The summed E-state index contributed by atoms with van der Waals surface area (Å²) in [5, 5.41) is 3.10. The Morgan fingerprint density at radius 3 is 2.81 bits per heavy atom. The fourth-order valence-corrected chi connectivity index (χ4v) is 2.21. The number of aromatic nitrogens is 1. The van der Waals surface area contributed by atoms with E-state index in [0.29, 0.717) is 11.6 Å². The van der Waals surface area contributed by atoms with E-state index in [1.54, 1.807) is 12.4 Å². The van der Waals surface area contributed by atoms with Crippen molar-refractivity contribution in [3.63, 3.8) is 0 Å². The van der Waals surface area contributed by atoms with Crippen molar-refractivity contribution in [1.82, 2.24) is 10.3 Å². The average Bonchev–Trinajstić information content (AvgIpc) is 2.31. The van der Waals surface area contributed by atoms with Crippen LogP contribution in [0.4, 0.5) is 0 Å². The lowest BCUT2D eigenvalue weighted by atomic mass is 9.95. The third kappa shape index (κ3) is 2.60. The third-order valence-corrected chi connectivity index (χ3v) is 3.22. The number of amides is 1. The van der Waals surface area contributed by atoms with E-state index in [9.17, 15) is 4.79 Å². The third-order valence-electron chi connectivity index (χ3n) is 3.22. The predicted octanol–water partition coefficient (Wildman–Crippen LogP) is 2.45. The van der Waals surface area contributed by atoms with Crippen LogP contribution in [0.15, 0.2) is 18.5 Å². The highest BCUT2D eigenvalue weighted by Crippen LogP contribution is 2.18. The molecule has 1 heterocycles. The van der Waals surface area contributed by atoms with Crippen molar-refractivity contribution >= 4 is 5.91 Å². The lowest BCUT2D eigenvalue weighted by molar-refractivity contribution is 0.0926. The predicted molar refractivity (Wildman–Crippen MR) is 63.3 cm³/mol. The molecule has 0 saturated heterocycles. The Kier molecular flexibility index (Phi) is 3.54. The number of carbonyl (C=O) groups is 1. The molecular weight excluding hydrogens is 200 g/mol. The van der Waals surface area contributed by atoms with Crippen molar-refractivity contribution in [3.8, 4) is 0 Å². The van der Waals surface area contributed by atoms with Crippen LogP contribution in [-0.2, 0) is 0 Å². The number of hydrogen-bond acceptors (Lipinski definition) is 2. The molecule has 0 bridgehead atoms. The zero-order chi connectivity index (χ0) is 11.4. The molecule has 2 rings (SSSR count). The van der Waals surface area contributed by atoms with Gasteiger partial charge in [0.2, 0.25) is 0 Å². The van der Waals surface area contributed by atoms with E-state index in [2.05, 4.69) is 10.3 Å². The molecule has 1 aromatic heterocycles. The number of nitrogens with one attached hydrogen (secondary N) is 1. The van der Waals surface area contributed by atoms with Crippen molar-refractivity contribution in [2.24, 2.45) is 0 Å². The van der Waals surface area contributed by atoms with E-state index in [-0.39, 0.29) is 5.91 Å². The fraction of sp³-hybridized carbons (Fsp3) is 0.538. The van der Waals surface area contributed by atoms with Gasteiger partial charge in [0.15, 0.2) is 0 Å². The molecule has 0 atom stereocenters. The molecule has 1 amide bonds. The molecular formula is C13H18N2O. The summed E-state index contributed by atoms with van der Waals surface area (Å²) in [5.74, 6) is 0.0255. The van der Waals surface area contributed by atoms with Gasteiger partial charge in [-0.25, -0.2) is 0 Å². The van der Waals surface area contributed by atoms with Crippen molar-refractivity contribution < 1.29 is 4.79 Å². The molecule has 0 aromatic carbocycles. The maximum absolute atomic E-state index is 12.0. The highest BCUT2D eigenvalue weighted by atomic mass is 16.1. The van der Waals surface area contributed by atoms with Crippen LogP contribution in [0.5, 0.6) is 0 Å². The lowest BCUT2D eigenvalue weighted by Gasteiger charge is -2.22. The van der Waals surface area contributed by atoms with Crippen molar-refractivity contribution in [3.05, 3.63) is 29.6 Å². The van der Waals surface area contributed by atoms with E-state index >= 15 is 0 Å². The van der Waals surface area contributed by atoms with Gasteiger partial charge in [-0.1, -0.05) is 19.3 Å². The summed E-state index contributed by atoms with van der Waals surface area (Å²) in [6.07, 6.45) is 9.36. The SMILES string of the molecule is Cc1ccncc1C(=O)NC1CCCCC1. The van der Waals surface area contributed by atoms with Gasteiger partial charge in [-0.3, -0.25) is 9.78 Å². The maximum atomic E-state index is 12.0. The van der Waals surface area contributed by atoms with Gasteiger partial charge in [0.25, 0.3) is 5.91 Å². The van der Waals surface area contributed by atoms with Gasteiger partial charge in [0.1, 0.15) is 0 Å². The summed E-state index contributed by atoms with van der Waals surface area (Å²) >= 11 is 0. The zero-order valence-corrected chi connectivity index (χ0v) is 9.70. The number of carbonyl (C=O) groups excluding carboxylic acids is 1. The largest absolute Gasteiger partial charge is 0.349 e. The summed E-state index contributed by atoms with van der Waals surface area (Å²) in [6.45, 7) is 1.94. The van der Waals surface area contributed by atoms with Crippen LogP contribution in [-0.4, -0.2) is 16.9 Å². The molecule has 0 aliphatic heterocycles. The monoisotopic (exact) mass is 218 g/mol. The van der Waals surface area contributed by atoms with Gasteiger partial charge in [-0.15, -0.1) is 0 Å². The summed E-state index contributed by atoms with van der Waals surface area (Å²) in [5.41, 5.74) is 1.69. The van der Waals surface area contributed by atoms with Gasteiger partial charge in [0, 0.05) is 18.4 Å². The van der Waals surface area contributed by atoms with Gasteiger partial charge in [-0.05, 0) is 31.4 Å². The second-order valence-corrected chi connectivity index (χ2v) is 4.50. The van der Waals surface area contributed by atoms with E-state index in [1.165, 1.54) is 19.3 Å². The molecule has 86 valence electrons. The van der Waals surface area contributed by atoms with E-state index in [4.69, 9.17) is 0 Å². The summed E-state index contributed by atoms with van der Waals surface area (Å²) < 4.78 is 0. The van der Waals surface area contributed by atoms with Crippen LogP contribution >= 0.6 is 0 Å². The molecule has 1 saturated carbocycles. The number of aryl methyl sites for hydroxylation is 1. The Labute approximate surface area is 96.3 Å².